The molecule has 0 saturated carbocycles. The third-order valence-corrected chi connectivity index (χ3v) is 5.58. The topological polar surface area (TPSA) is 80.6 Å². The lowest BCUT2D eigenvalue weighted by Crippen LogP contribution is -2.31. The number of hydrogen-bond donors (Lipinski definition) is 1. The highest BCUT2D eigenvalue weighted by Gasteiger charge is 2.19. The van der Waals surface area contributed by atoms with Crippen molar-refractivity contribution in [2.45, 2.75) is 19.3 Å². The van der Waals surface area contributed by atoms with Crippen LogP contribution in [0.2, 0.25) is 0 Å². The number of hydrogen-bond acceptors (Lipinski definition) is 4. The normalized spacial score (nSPS) is 13.6. The Bertz CT molecular complexity index is 1170. The molecule has 0 aliphatic carbocycles. The molecule has 2 heterocycles. The van der Waals surface area contributed by atoms with Crippen LogP contribution in [-0.4, -0.2) is 48.0 Å². The van der Waals surface area contributed by atoms with Crippen LogP contribution in [0.15, 0.2) is 59.5 Å². The van der Waals surface area contributed by atoms with E-state index in [1.807, 2.05) is 11.0 Å². The molecular weight excluding hydrogens is 394 g/mol. The second kappa shape index (κ2) is 9.04. The molecule has 1 aromatic heterocycles. The van der Waals surface area contributed by atoms with E-state index in [2.05, 4.69) is 5.32 Å². The van der Waals surface area contributed by atoms with Gasteiger partial charge in [0.05, 0.1) is 12.7 Å². The van der Waals surface area contributed by atoms with Crippen LogP contribution in [0.3, 0.4) is 0 Å². The summed E-state index contributed by atoms with van der Waals surface area (Å²) in [6.07, 6.45) is 3.80. The number of methoxy groups -OCH3 is 1. The van der Waals surface area contributed by atoms with Crippen molar-refractivity contribution in [3.05, 3.63) is 70.6 Å². The quantitative estimate of drug-likeness (QED) is 0.597. The van der Waals surface area contributed by atoms with Gasteiger partial charge in [-0.1, -0.05) is 18.2 Å². The van der Waals surface area contributed by atoms with E-state index in [-0.39, 0.29) is 17.4 Å². The van der Waals surface area contributed by atoms with E-state index < -0.39 is 0 Å². The van der Waals surface area contributed by atoms with Crippen molar-refractivity contribution >= 4 is 22.6 Å². The van der Waals surface area contributed by atoms with Crippen molar-refractivity contribution in [1.29, 1.82) is 0 Å². The summed E-state index contributed by atoms with van der Waals surface area (Å²) in [5, 5.41) is 4.03. The van der Waals surface area contributed by atoms with Gasteiger partial charge in [-0.2, -0.15) is 0 Å². The van der Waals surface area contributed by atoms with Crippen LogP contribution in [0, 0.1) is 0 Å². The van der Waals surface area contributed by atoms with Gasteiger partial charge >= 0.3 is 0 Å². The first-order valence-electron chi connectivity index (χ1n) is 10.4. The number of carbonyl (C=O) groups is 2. The number of rotatable bonds is 7. The highest BCUT2D eigenvalue weighted by molar-refractivity contribution is 6.06. The van der Waals surface area contributed by atoms with Gasteiger partial charge in [-0.05, 0) is 43.2 Å². The molecular formula is C24H25N3O4. The van der Waals surface area contributed by atoms with Gasteiger partial charge in [-0.25, -0.2) is 0 Å². The molecule has 1 N–H and O–H groups in total. The first-order valence-corrected chi connectivity index (χ1v) is 10.4. The van der Waals surface area contributed by atoms with Gasteiger partial charge in [0.25, 0.3) is 11.5 Å². The maximum atomic E-state index is 13.1. The lowest BCUT2D eigenvalue weighted by atomic mass is 10.1. The molecule has 1 aliphatic rings. The summed E-state index contributed by atoms with van der Waals surface area (Å²) in [6, 6.07) is 14.2. The maximum absolute atomic E-state index is 13.1. The molecule has 1 aliphatic heterocycles. The average Bonchev–Trinajstić information content (AvgIpc) is 3.21. The average molecular weight is 419 g/mol. The van der Waals surface area contributed by atoms with E-state index in [1.54, 1.807) is 55.8 Å². The standard InChI is InChI=1S/C24H25N3O4/c1-31-18-11-9-17(10-12-18)27-16-21(19-6-2-3-7-20(19)24(27)30)23(29)25-13-5-15-26-14-4-8-22(26)28/h2-3,6-7,9-12,16H,4-5,8,13-15H2,1H3,(H,25,29). The predicted molar refractivity (Wildman–Crippen MR) is 119 cm³/mol. The summed E-state index contributed by atoms with van der Waals surface area (Å²) in [4.78, 5) is 39.6. The van der Waals surface area contributed by atoms with Crippen molar-refractivity contribution in [2.75, 3.05) is 26.7 Å². The third-order valence-electron chi connectivity index (χ3n) is 5.58. The Morgan fingerprint density at radius 1 is 1.06 bits per heavy atom. The van der Waals surface area contributed by atoms with Crippen LogP contribution < -0.4 is 15.6 Å². The highest BCUT2D eigenvalue weighted by Crippen LogP contribution is 2.19. The molecule has 2 aromatic carbocycles. The number of ether oxygens (including phenoxy) is 1. The molecule has 0 bridgehead atoms. The predicted octanol–water partition coefficient (Wildman–Crippen LogP) is 2.74. The number of likely N-dealkylation sites (tertiary alicyclic amines) is 1. The summed E-state index contributed by atoms with van der Waals surface area (Å²) in [5.41, 5.74) is 0.895. The zero-order valence-electron chi connectivity index (χ0n) is 17.5. The summed E-state index contributed by atoms with van der Waals surface area (Å²) in [5.74, 6) is 0.627. The Kier molecular flexibility index (Phi) is 6.02. The Morgan fingerprint density at radius 2 is 1.81 bits per heavy atom. The monoisotopic (exact) mass is 419 g/mol. The van der Waals surface area contributed by atoms with Gasteiger partial charge in [0, 0.05) is 48.7 Å². The van der Waals surface area contributed by atoms with Gasteiger partial charge < -0.3 is 15.0 Å². The second-order valence-corrected chi connectivity index (χ2v) is 7.56. The minimum absolute atomic E-state index is 0.184. The molecule has 0 unspecified atom stereocenters. The molecule has 1 fully saturated rings. The minimum Gasteiger partial charge on any atom is -0.497 e. The van der Waals surface area contributed by atoms with Crippen LogP contribution in [-0.2, 0) is 4.79 Å². The lowest BCUT2D eigenvalue weighted by Gasteiger charge is -2.16. The summed E-state index contributed by atoms with van der Waals surface area (Å²) in [7, 11) is 1.58. The second-order valence-electron chi connectivity index (χ2n) is 7.56. The van der Waals surface area contributed by atoms with Crippen molar-refractivity contribution in [3.63, 3.8) is 0 Å². The molecule has 7 nitrogen and oxygen atoms in total. The van der Waals surface area contributed by atoms with Gasteiger partial charge in [-0.3, -0.25) is 19.0 Å². The number of aromatic nitrogens is 1. The molecule has 4 rings (SSSR count). The van der Waals surface area contributed by atoms with Crippen LogP contribution in [0.25, 0.3) is 16.5 Å². The fraction of sp³-hybridized carbons (Fsp3) is 0.292. The number of amides is 2. The van der Waals surface area contributed by atoms with Crippen LogP contribution in [0.1, 0.15) is 29.6 Å². The van der Waals surface area contributed by atoms with Gasteiger partial charge in [-0.15, -0.1) is 0 Å². The largest absolute Gasteiger partial charge is 0.497 e. The molecule has 0 radical (unpaired) electrons. The van der Waals surface area contributed by atoms with Crippen molar-refractivity contribution in [3.8, 4) is 11.4 Å². The van der Waals surface area contributed by atoms with Gasteiger partial charge in [0.2, 0.25) is 5.91 Å². The summed E-state index contributed by atoms with van der Waals surface area (Å²) in [6.45, 7) is 1.90. The summed E-state index contributed by atoms with van der Waals surface area (Å²) < 4.78 is 6.68. The Morgan fingerprint density at radius 3 is 2.48 bits per heavy atom. The van der Waals surface area contributed by atoms with E-state index in [4.69, 9.17) is 4.74 Å². The van der Waals surface area contributed by atoms with E-state index in [9.17, 15) is 14.4 Å². The Hall–Kier alpha value is -3.61. The SMILES string of the molecule is COc1ccc(-n2cc(C(=O)NCCCN3CCCC3=O)c3ccccc3c2=O)cc1. The van der Waals surface area contributed by atoms with Crippen LogP contribution in [0.5, 0.6) is 5.75 Å². The molecule has 7 heteroatoms. The molecule has 0 atom stereocenters. The molecule has 2 amide bonds. The van der Waals surface area contributed by atoms with Gasteiger partial charge in [0.15, 0.2) is 0 Å². The Balaban J connectivity index is 1.58. The number of fused-ring (bicyclic) bond motifs is 1. The van der Waals surface area contributed by atoms with Crippen molar-refractivity contribution < 1.29 is 14.3 Å². The third kappa shape index (κ3) is 4.30. The fourth-order valence-electron chi connectivity index (χ4n) is 3.91. The lowest BCUT2D eigenvalue weighted by molar-refractivity contribution is -0.127. The molecule has 31 heavy (non-hydrogen) atoms. The number of nitrogens with zero attached hydrogens (tertiary/aromatic N) is 2. The summed E-state index contributed by atoms with van der Waals surface area (Å²) >= 11 is 0. The first kappa shape index (κ1) is 20.7. The van der Waals surface area contributed by atoms with Gasteiger partial charge in [0.1, 0.15) is 5.75 Å². The van der Waals surface area contributed by atoms with Crippen molar-refractivity contribution in [1.82, 2.24) is 14.8 Å². The van der Waals surface area contributed by atoms with Crippen LogP contribution >= 0.6 is 0 Å². The minimum atomic E-state index is -0.244. The number of pyridine rings is 1. The smallest absolute Gasteiger partial charge is 0.262 e. The number of carbonyl (C=O) groups excluding carboxylic acids is 2. The maximum Gasteiger partial charge on any atom is 0.262 e. The van der Waals surface area contributed by atoms with E-state index in [0.717, 1.165) is 13.0 Å². The molecule has 3 aromatic rings. The van der Waals surface area contributed by atoms with E-state index in [0.29, 0.717) is 53.7 Å². The molecule has 160 valence electrons. The van der Waals surface area contributed by atoms with Crippen molar-refractivity contribution in [2.24, 2.45) is 0 Å². The molecule has 0 spiro atoms. The number of nitrogens with one attached hydrogen (secondary N) is 1. The Labute approximate surface area is 180 Å². The van der Waals surface area contributed by atoms with E-state index in [1.165, 1.54) is 4.57 Å². The first-order chi connectivity index (χ1) is 15.1. The van der Waals surface area contributed by atoms with Crippen LogP contribution in [0.4, 0.5) is 0 Å². The molecule has 1 saturated heterocycles. The zero-order valence-corrected chi connectivity index (χ0v) is 17.5. The van der Waals surface area contributed by atoms with E-state index >= 15 is 0 Å². The highest BCUT2D eigenvalue weighted by atomic mass is 16.5. The zero-order chi connectivity index (χ0) is 21.8. The number of benzene rings is 2. The fourth-order valence-corrected chi connectivity index (χ4v) is 3.91.